The zero-order chi connectivity index (χ0) is 21.1. The first-order valence-electron chi connectivity index (χ1n) is 7.96. The molecule has 1 N–H and O–H groups in total. The van der Waals surface area contributed by atoms with Crippen molar-refractivity contribution < 1.29 is 35.2 Å². The third kappa shape index (κ3) is 4.65. The summed E-state index contributed by atoms with van der Waals surface area (Å²) < 4.78 is 92.1. The van der Waals surface area contributed by atoms with Crippen LogP contribution in [0.1, 0.15) is 13.3 Å². The van der Waals surface area contributed by atoms with Crippen LogP contribution in [0.25, 0.3) is 0 Å². The van der Waals surface area contributed by atoms with E-state index in [0.717, 1.165) is 12.1 Å². The van der Waals surface area contributed by atoms with Gasteiger partial charge in [-0.1, -0.05) is 6.92 Å². The van der Waals surface area contributed by atoms with Gasteiger partial charge in [-0.05, 0) is 36.8 Å². The van der Waals surface area contributed by atoms with Gasteiger partial charge in [0.25, 0.3) is 0 Å². The van der Waals surface area contributed by atoms with Gasteiger partial charge in [0.1, 0.15) is 0 Å². The normalized spacial score (nSPS) is 11.7. The summed E-state index contributed by atoms with van der Waals surface area (Å²) in [4.78, 5) is 11.5. The summed E-state index contributed by atoms with van der Waals surface area (Å²) in [7, 11) is -4.38. The SMILES string of the molecule is CCCN(CC(=O)Nc1ccc(F)c(F)c1F)S(=O)(=O)c1ccc(F)c(F)c1. The number of rotatable bonds is 7. The van der Waals surface area contributed by atoms with Crippen LogP contribution in [0, 0.1) is 29.1 Å². The van der Waals surface area contributed by atoms with Crippen molar-refractivity contribution >= 4 is 21.6 Å². The van der Waals surface area contributed by atoms with Gasteiger partial charge in [-0.3, -0.25) is 4.79 Å². The third-order valence-electron chi connectivity index (χ3n) is 3.63. The smallest absolute Gasteiger partial charge is 0.243 e. The van der Waals surface area contributed by atoms with Crippen molar-refractivity contribution in [3.05, 3.63) is 59.4 Å². The molecule has 0 aliphatic rings. The summed E-state index contributed by atoms with van der Waals surface area (Å²) in [5, 5.41) is 1.95. The third-order valence-corrected chi connectivity index (χ3v) is 5.47. The Balaban J connectivity index is 2.25. The van der Waals surface area contributed by atoms with Crippen LogP contribution in [0.4, 0.5) is 27.6 Å². The average Bonchev–Trinajstić information content (AvgIpc) is 2.64. The van der Waals surface area contributed by atoms with Crippen LogP contribution in [0.3, 0.4) is 0 Å². The summed E-state index contributed by atoms with van der Waals surface area (Å²) in [6.07, 6.45) is 0.274. The summed E-state index contributed by atoms with van der Waals surface area (Å²) >= 11 is 0. The number of anilines is 1. The number of carbonyl (C=O) groups is 1. The molecule has 0 radical (unpaired) electrons. The molecule has 2 rings (SSSR count). The lowest BCUT2D eigenvalue weighted by Crippen LogP contribution is -2.38. The largest absolute Gasteiger partial charge is 0.322 e. The Kier molecular flexibility index (Phi) is 6.73. The predicted octanol–water partition coefficient (Wildman–Crippen LogP) is 3.42. The molecular formula is C17H15F5N2O3S. The molecule has 0 aliphatic carbocycles. The average molecular weight is 422 g/mol. The van der Waals surface area contributed by atoms with Crippen LogP contribution in [0.15, 0.2) is 35.2 Å². The Morgan fingerprint density at radius 2 is 1.61 bits per heavy atom. The van der Waals surface area contributed by atoms with Crippen molar-refractivity contribution in [2.75, 3.05) is 18.4 Å². The van der Waals surface area contributed by atoms with Crippen molar-refractivity contribution in [3.63, 3.8) is 0 Å². The van der Waals surface area contributed by atoms with Gasteiger partial charge in [0, 0.05) is 6.54 Å². The molecule has 0 unspecified atom stereocenters. The first kappa shape index (κ1) is 21.8. The number of nitrogens with zero attached hydrogens (tertiary/aromatic N) is 1. The molecule has 1 amide bonds. The van der Waals surface area contributed by atoms with Gasteiger partial charge in [-0.2, -0.15) is 4.31 Å². The lowest BCUT2D eigenvalue weighted by molar-refractivity contribution is -0.116. The number of hydrogen-bond donors (Lipinski definition) is 1. The Labute approximate surface area is 157 Å². The van der Waals surface area contributed by atoms with Gasteiger partial charge in [0.2, 0.25) is 15.9 Å². The lowest BCUT2D eigenvalue weighted by Gasteiger charge is -2.21. The molecule has 0 saturated carbocycles. The molecule has 0 aromatic heterocycles. The van der Waals surface area contributed by atoms with E-state index in [1.807, 2.05) is 5.32 Å². The van der Waals surface area contributed by atoms with Crippen LogP contribution >= 0.6 is 0 Å². The highest BCUT2D eigenvalue weighted by molar-refractivity contribution is 7.89. The van der Waals surface area contributed by atoms with Gasteiger partial charge in [-0.15, -0.1) is 0 Å². The van der Waals surface area contributed by atoms with E-state index in [4.69, 9.17) is 0 Å². The van der Waals surface area contributed by atoms with Gasteiger partial charge >= 0.3 is 0 Å². The first-order chi connectivity index (χ1) is 13.1. The number of hydrogen-bond acceptors (Lipinski definition) is 3. The van der Waals surface area contributed by atoms with E-state index in [2.05, 4.69) is 0 Å². The molecule has 5 nitrogen and oxygen atoms in total. The van der Waals surface area contributed by atoms with Gasteiger partial charge in [-0.25, -0.2) is 30.4 Å². The Bertz CT molecular complexity index is 999. The van der Waals surface area contributed by atoms with E-state index in [1.54, 1.807) is 6.92 Å². The van der Waals surface area contributed by atoms with Crippen molar-refractivity contribution in [2.45, 2.75) is 18.2 Å². The number of carbonyl (C=O) groups excluding carboxylic acids is 1. The van der Waals surface area contributed by atoms with E-state index in [1.165, 1.54) is 0 Å². The second-order valence-electron chi connectivity index (χ2n) is 5.69. The van der Waals surface area contributed by atoms with Crippen molar-refractivity contribution in [1.82, 2.24) is 4.31 Å². The number of amides is 1. The molecule has 0 saturated heterocycles. The maximum Gasteiger partial charge on any atom is 0.243 e. The fourth-order valence-corrected chi connectivity index (χ4v) is 3.79. The van der Waals surface area contributed by atoms with Gasteiger partial charge in [0.15, 0.2) is 29.1 Å². The topological polar surface area (TPSA) is 66.5 Å². The van der Waals surface area contributed by atoms with E-state index in [-0.39, 0.29) is 13.0 Å². The summed E-state index contributed by atoms with van der Waals surface area (Å²) in [6, 6.07) is 3.31. The van der Waals surface area contributed by atoms with E-state index >= 15 is 0 Å². The number of nitrogens with one attached hydrogen (secondary N) is 1. The molecule has 0 spiro atoms. The Hall–Kier alpha value is -2.53. The molecular weight excluding hydrogens is 407 g/mol. The lowest BCUT2D eigenvalue weighted by atomic mass is 10.2. The second kappa shape index (κ2) is 8.65. The molecule has 0 atom stereocenters. The molecule has 0 fully saturated rings. The molecule has 2 aromatic rings. The van der Waals surface area contributed by atoms with Crippen LogP contribution in [0.5, 0.6) is 0 Å². The highest BCUT2D eigenvalue weighted by Crippen LogP contribution is 2.21. The van der Waals surface area contributed by atoms with Crippen LogP contribution in [-0.4, -0.2) is 31.7 Å². The van der Waals surface area contributed by atoms with Crippen molar-refractivity contribution in [1.29, 1.82) is 0 Å². The fraction of sp³-hybridized carbons (Fsp3) is 0.235. The number of sulfonamides is 1. The summed E-state index contributed by atoms with van der Waals surface area (Å²) in [6.45, 7) is 0.642. The molecule has 28 heavy (non-hydrogen) atoms. The van der Waals surface area contributed by atoms with E-state index < -0.39 is 62.1 Å². The predicted molar refractivity (Wildman–Crippen MR) is 90.4 cm³/mol. The zero-order valence-corrected chi connectivity index (χ0v) is 15.3. The van der Waals surface area contributed by atoms with Crippen molar-refractivity contribution in [3.8, 4) is 0 Å². The minimum absolute atomic E-state index is 0.158. The minimum atomic E-state index is -4.38. The maximum absolute atomic E-state index is 13.7. The van der Waals surface area contributed by atoms with E-state index in [9.17, 15) is 35.2 Å². The van der Waals surface area contributed by atoms with E-state index in [0.29, 0.717) is 22.5 Å². The van der Waals surface area contributed by atoms with Gasteiger partial charge < -0.3 is 5.32 Å². The zero-order valence-electron chi connectivity index (χ0n) is 14.5. The number of halogens is 5. The Morgan fingerprint density at radius 1 is 0.964 bits per heavy atom. The standard InChI is InChI=1S/C17H15F5N2O3S/c1-2-7-24(28(26,27)10-3-4-11(18)13(20)8-10)9-15(25)23-14-6-5-12(19)16(21)17(14)22/h3-6,8H,2,7,9H2,1H3,(H,23,25). The molecule has 0 bridgehead atoms. The fourth-order valence-electron chi connectivity index (χ4n) is 2.29. The minimum Gasteiger partial charge on any atom is -0.322 e. The highest BCUT2D eigenvalue weighted by Gasteiger charge is 2.27. The molecule has 11 heteroatoms. The Morgan fingerprint density at radius 3 is 2.21 bits per heavy atom. The molecule has 0 aliphatic heterocycles. The van der Waals surface area contributed by atoms with Crippen LogP contribution in [0.2, 0.25) is 0 Å². The van der Waals surface area contributed by atoms with Crippen LogP contribution in [-0.2, 0) is 14.8 Å². The van der Waals surface area contributed by atoms with Gasteiger partial charge in [0.05, 0.1) is 17.1 Å². The first-order valence-corrected chi connectivity index (χ1v) is 9.40. The molecule has 2 aromatic carbocycles. The monoisotopic (exact) mass is 422 g/mol. The quantitative estimate of drug-likeness (QED) is 0.549. The van der Waals surface area contributed by atoms with Crippen molar-refractivity contribution in [2.24, 2.45) is 0 Å². The van der Waals surface area contributed by atoms with Crippen LogP contribution < -0.4 is 5.32 Å². The number of benzene rings is 2. The molecule has 152 valence electrons. The summed E-state index contributed by atoms with van der Waals surface area (Å²) in [5.74, 6) is -8.55. The maximum atomic E-state index is 13.7. The highest BCUT2D eigenvalue weighted by atomic mass is 32.2. The molecule has 0 heterocycles. The summed E-state index contributed by atoms with van der Waals surface area (Å²) in [5.41, 5.74) is -0.675. The second-order valence-corrected chi connectivity index (χ2v) is 7.62.